The Balaban J connectivity index is 2.70. The molecule has 0 aliphatic heterocycles. The molecule has 0 aromatic carbocycles. The van der Waals surface area contributed by atoms with E-state index in [4.69, 9.17) is 4.74 Å². The second kappa shape index (κ2) is 5.89. The highest BCUT2D eigenvalue weighted by Gasteiger charge is 2.41. The summed E-state index contributed by atoms with van der Waals surface area (Å²) in [5, 5.41) is 0. The van der Waals surface area contributed by atoms with E-state index in [-0.39, 0.29) is 5.60 Å². The molecule has 0 aromatic rings. The van der Waals surface area contributed by atoms with Gasteiger partial charge in [-0.3, -0.25) is 0 Å². The molecule has 2 unspecified atom stereocenters. The average molecular weight is 212 g/mol. The second-order valence-electron chi connectivity index (χ2n) is 5.26. The highest BCUT2D eigenvalue weighted by atomic mass is 16.5. The van der Waals surface area contributed by atoms with Crippen LogP contribution < -0.4 is 0 Å². The zero-order valence-electron chi connectivity index (χ0n) is 11.0. The third-order valence-electron chi connectivity index (χ3n) is 4.55. The number of rotatable bonds is 6. The summed E-state index contributed by atoms with van der Waals surface area (Å²) in [7, 11) is 1.91. The van der Waals surface area contributed by atoms with Crippen molar-refractivity contribution in [2.45, 2.75) is 71.3 Å². The van der Waals surface area contributed by atoms with Crippen molar-refractivity contribution in [3.05, 3.63) is 0 Å². The van der Waals surface area contributed by atoms with E-state index < -0.39 is 0 Å². The SMILES string of the molecule is CCCC(CC)C(C)(OC)C1CCCC1. The summed E-state index contributed by atoms with van der Waals surface area (Å²) in [6.07, 6.45) is 9.43. The lowest BCUT2D eigenvalue weighted by molar-refractivity contribution is -0.0903. The van der Waals surface area contributed by atoms with E-state index >= 15 is 0 Å². The highest BCUT2D eigenvalue weighted by molar-refractivity contribution is 4.92. The van der Waals surface area contributed by atoms with E-state index in [9.17, 15) is 0 Å². The normalized spacial score (nSPS) is 24.0. The quantitative estimate of drug-likeness (QED) is 0.634. The molecule has 1 aliphatic rings. The first kappa shape index (κ1) is 13.0. The third-order valence-corrected chi connectivity index (χ3v) is 4.55. The van der Waals surface area contributed by atoms with Gasteiger partial charge in [-0.2, -0.15) is 0 Å². The van der Waals surface area contributed by atoms with Gasteiger partial charge in [-0.25, -0.2) is 0 Å². The highest BCUT2D eigenvalue weighted by Crippen LogP contribution is 2.43. The molecule has 2 atom stereocenters. The second-order valence-corrected chi connectivity index (χ2v) is 5.26. The van der Waals surface area contributed by atoms with E-state index in [1.54, 1.807) is 0 Å². The molecule has 0 N–H and O–H groups in total. The zero-order chi connectivity index (χ0) is 11.3. The van der Waals surface area contributed by atoms with E-state index in [2.05, 4.69) is 20.8 Å². The summed E-state index contributed by atoms with van der Waals surface area (Å²) >= 11 is 0. The van der Waals surface area contributed by atoms with Gasteiger partial charge in [0.25, 0.3) is 0 Å². The molecule has 0 heterocycles. The predicted octanol–water partition coefficient (Wildman–Crippen LogP) is 4.41. The Morgan fingerprint density at radius 3 is 2.27 bits per heavy atom. The van der Waals surface area contributed by atoms with Gasteiger partial charge in [0.15, 0.2) is 0 Å². The maximum absolute atomic E-state index is 5.93. The van der Waals surface area contributed by atoms with Crippen LogP contribution in [0.3, 0.4) is 0 Å². The molecule has 0 spiro atoms. The van der Waals surface area contributed by atoms with Gasteiger partial charge in [0, 0.05) is 7.11 Å². The number of methoxy groups -OCH3 is 1. The van der Waals surface area contributed by atoms with E-state index in [1.165, 1.54) is 44.9 Å². The zero-order valence-corrected chi connectivity index (χ0v) is 11.0. The first-order valence-electron chi connectivity index (χ1n) is 6.74. The van der Waals surface area contributed by atoms with Crippen molar-refractivity contribution in [2.24, 2.45) is 11.8 Å². The van der Waals surface area contributed by atoms with Crippen molar-refractivity contribution in [1.82, 2.24) is 0 Å². The molecule has 0 amide bonds. The first-order chi connectivity index (χ1) is 7.19. The standard InChI is InChI=1S/C14H28O/c1-5-9-12(6-2)14(3,15-4)13-10-7-8-11-13/h12-13H,5-11H2,1-4H3. The summed E-state index contributed by atoms with van der Waals surface area (Å²) in [5.41, 5.74) is 0.140. The van der Waals surface area contributed by atoms with Crippen LogP contribution in [0.5, 0.6) is 0 Å². The molecule has 0 aromatic heterocycles. The summed E-state index contributed by atoms with van der Waals surface area (Å²) in [6, 6.07) is 0. The largest absolute Gasteiger partial charge is 0.378 e. The topological polar surface area (TPSA) is 9.23 Å². The van der Waals surface area contributed by atoms with Gasteiger partial charge >= 0.3 is 0 Å². The van der Waals surface area contributed by atoms with E-state index in [1.807, 2.05) is 7.11 Å². The minimum Gasteiger partial charge on any atom is -0.378 e. The summed E-state index contributed by atoms with van der Waals surface area (Å²) in [4.78, 5) is 0. The Hall–Kier alpha value is -0.0400. The van der Waals surface area contributed by atoms with Gasteiger partial charge in [-0.1, -0.05) is 39.5 Å². The molecular formula is C14H28O. The lowest BCUT2D eigenvalue weighted by atomic mass is 9.74. The molecular weight excluding hydrogens is 184 g/mol. The van der Waals surface area contributed by atoms with Crippen molar-refractivity contribution in [3.8, 4) is 0 Å². The van der Waals surface area contributed by atoms with Gasteiger partial charge in [-0.05, 0) is 38.0 Å². The fourth-order valence-corrected chi connectivity index (χ4v) is 3.41. The Bertz CT molecular complexity index is 172. The molecule has 1 fully saturated rings. The van der Waals surface area contributed by atoms with Gasteiger partial charge in [0.2, 0.25) is 0 Å². The summed E-state index contributed by atoms with van der Waals surface area (Å²) < 4.78 is 5.93. The fourth-order valence-electron chi connectivity index (χ4n) is 3.41. The van der Waals surface area contributed by atoms with Crippen molar-refractivity contribution < 1.29 is 4.74 Å². The fraction of sp³-hybridized carbons (Fsp3) is 1.00. The predicted molar refractivity (Wildman–Crippen MR) is 66.1 cm³/mol. The van der Waals surface area contributed by atoms with Crippen LogP contribution in [0.1, 0.15) is 65.7 Å². The van der Waals surface area contributed by atoms with Gasteiger partial charge in [0.05, 0.1) is 5.60 Å². The van der Waals surface area contributed by atoms with Crippen LogP contribution in [0.4, 0.5) is 0 Å². The number of hydrogen-bond acceptors (Lipinski definition) is 1. The lowest BCUT2D eigenvalue weighted by Gasteiger charge is -2.41. The minimum absolute atomic E-state index is 0.140. The molecule has 0 radical (unpaired) electrons. The Morgan fingerprint density at radius 2 is 1.87 bits per heavy atom. The Morgan fingerprint density at radius 1 is 1.27 bits per heavy atom. The molecule has 90 valence electrons. The van der Waals surface area contributed by atoms with Crippen molar-refractivity contribution in [2.75, 3.05) is 7.11 Å². The maximum Gasteiger partial charge on any atom is 0.0706 e. The van der Waals surface area contributed by atoms with E-state index in [0.29, 0.717) is 0 Å². The molecule has 1 heteroatoms. The van der Waals surface area contributed by atoms with Crippen molar-refractivity contribution in [3.63, 3.8) is 0 Å². The first-order valence-corrected chi connectivity index (χ1v) is 6.74. The Kier molecular flexibility index (Phi) is 5.11. The van der Waals surface area contributed by atoms with Crippen LogP contribution in [0, 0.1) is 11.8 Å². The molecule has 15 heavy (non-hydrogen) atoms. The molecule has 0 saturated heterocycles. The third kappa shape index (κ3) is 2.75. The molecule has 1 saturated carbocycles. The molecule has 1 rings (SSSR count). The van der Waals surface area contributed by atoms with Crippen molar-refractivity contribution in [1.29, 1.82) is 0 Å². The molecule has 1 aliphatic carbocycles. The van der Waals surface area contributed by atoms with E-state index in [0.717, 1.165) is 11.8 Å². The smallest absolute Gasteiger partial charge is 0.0706 e. The minimum atomic E-state index is 0.140. The summed E-state index contributed by atoms with van der Waals surface area (Å²) in [6.45, 7) is 6.95. The molecule has 1 nitrogen and oxygen atoms in total. The van der Waals surface area contributed by atoms with Gasteiger partial charge < -0.3 is 4.74 Å². The van der Waals surface area contributed by atoms with Gasteiger partial charge in [-0.15, -0.1) is 0 Å². The van der Waals surface area contributed by atoms with Crippen LogP contribution >= 0.6 is 0 Å². The van der Waals surface area contributed by atoms with Crippen molar-refractivity contribution >= 4 is 0 Å². The monoisotopic (exact) mass is 212 g/mol. The molecule has 0 bridgehead atoms. The lowest BCUT2D eigenvalue weighted by Crippen LogP contribution is -2.43. The maximum atomic E-state index is 5.93. The van der Waals surface area contributed by atoms with Crippen LogP contribution in [-0.2, 0) is 4.74 Å². The van der Waals surface area contributed by atoms with Gasteiger partial charge in [0.1, 0.15) is 0 Å². The Labute approximate surface area is 95.6 Å². The number of hydrogen-bond donors (Lipinski definition) is 0. The average Bonchev–Trinajstić information content (AvgIpc) is 2.78. The van der Waals surface area contributed by atoms with Crippen LogP contribution in [0.2, 0.25) is 0 Å². The van der Waals surface area contributed by atoms with Crippen LogP contribution in [0.15, 0.2) is 0 Å². The number of ether oxygens (including phenoxy) is 1. The van der Waals surface area contributed by atoms with Crippen LogP contribution in [-0.4, -0.2) is 12.7 Å². The van der Waals surface area contributed by atoms with Crippen LogP contribution in [0.25, 0.3) is 0 Å². The summed E-state index contributed by atoms with van der Waals surface area (Å²) in [5.74, 6) is 1.55.